The van der Waals surface area contributed by atoms with Crippen LogP contribution in [0.15, 0.2) is 24.3 Å². The molecule has 82 valence electrons. The molecule has 0 saturated carbocycles. The predicted molar refractivity (Wildman–Crippen MR) is 60.4 cm³/mol. The van der Waals surface area contributed by atoms with E-state index in [1.54, 1.807) is 6.07 Å². The Labute approximate surface area is 89.9 Å². The summed E-state index contributed by atoms with van der Waals surface area (Å²) in [7, 11) is 0. The lowest BCUT2D eigenvalue weighted by molar-refractivity contribution is 0.497. The van der Waals surface area contributed by atoms with Gasteiger partial charge in [-0.3, -0.25) is 0 Å². The van der Waals surface area contributed by atoms with Crippen LogP contribution in [-0.2, 0) is 0 Å². The number of nitrogens with two attached hydrogens (primary N) is 1. The normalized spacial score (nSPS) is 24.5. The van der Waals surface area contributed by atoms with Gasteiger partial charge in [-0.1, -0.05) is 12.1 Å². The minimum Gasteiger partial charge on any atom is -0.362 e. The van der Waals surface area contributed by atoms with Gasteiger partial charge in [0.05, 0.1) is 5.69 Å². The van der Waals surface area contributed by atoms with E-state index in [0.717, 1.165) is 13.0 Å². The molecule has 1 aliphatic heterocycles. The first-order valence-corrected chi connectivity index (χ1v) is 5.28. The molecule has 0 amide bonds. The summed E-state index contributed by atoms with van der Waals surface area (Å²) in [6.07, 6.45) is 0.904. The first-order chi connectivity index (χ1) is 7.00. The number of benzene rings is 1. The van der Waals surface area contributed by atoms with Gasteiger partial charge in [-0.15, -0.1) is 0 Å². The van der Waals surface area contributed by atoms with Crippen LogP contribution in [0.1, 0.15) is 20.3 Å². The maximum absolute atomic E-state index is 13.6. The fourth-order valence-corrected chi connectivity index (χ4v) is 2.39. The van der Waals surface area contributed by atoms with Crippen molar-refractivity contribution in [1.29, 1.82) is 0 Å². The first kappa shape index (κ1) is 10.4. The van der Waals surface area contributed by atoms with Crippen molar-refractivity contribution < 1.29 is 4.39 Å². The van der Waals surface area contributed by atoms with Gasteiger partial charge in [-0.2, -0.15) is 0 Å². The molecular weight excluding hydrogens is 191 g/mol. The molecule has 1 fully saturated rings. The van der Waals surface area contributed by atoms with E-state index in [2.05, 4.69) is 18.7 Å². The SMILES string of the molecule is CC1(C)CC(N)CN1c1ccccc1F. The van der Waals surface area contributed by atoms with Crippen molar-refractivity contribution >= 4 is 5.69 Å². The molecule has 15 heavy (non-hydrogen) atoms. The van der Waals surface area contributed by atoms with Gasteiger partial charge in [0.1, 0.15) is 5.82 Å². The molecule has 1 unspecified atom stereocenters. The number of para-hydroxylation sites is 1. The third kappa shape index (κ3) is 1.84. The molecule has 0 bridgehead atoms. The molecule has 1 heterocycles. The van der Waals surface area contributed by atoms with Gasteiger partial charge in [-0.25, -0.2) is 4.39 Å². The zero-order valence-corrected chi connectivity index (χ0v) is 9.20. The van der Waals surface area contributed by atoms with E-state index in [4.69, 9.17) is 5.73 Å². The second-order valence-electron chi connectivity index (χ2n) is 4.84. The van der Waals surface area contributed by atoms with Crippen LogP contribution in [0.5, 0.6) is 0 Å². The Morgan fingerprint density at radius 1 is 1.40 bits per heavy atom. The van der Waals surface area contributed by atoms with Crippen LogP contribution in [0.4, 0.5) is 10.1 Å². The Balaban J connectivity index is 2.36. The number of rotatable bonds is 1. The van der Waals surface area contributed by atoms with E-state index in [-0.39, 0.29) is 17.4 Å². The van der Waals surface area contributed by atoms with E-state index < -0.39 is 0 Å². The van der Waals surface area contributed by atoms with Crippen molar-refractivity contribution in [2.24, 2.45) is 5.73 Å². The lowest BCUT2D eigenvalue weighted by Gasteiger charge is -2.33. The van der Waals surface area contributed by atoms with Gasteiger partial charge in [0, 0.05) is 18.1 Å². The van der Waals surface area contributed by atoms with Gasteiger partial charge in [0.15, 0.2) is 0 Å². The van der Waals surface area contributed by atoms with E-state index in [1.165, 1.54) is 6.07 Å². The molecule has 2 N–H and O–H groups in total. The monoisotopic (exact) mass is 208 g/mol. The van der Waals surface area contributed by atoms with Crippen LogP contribution in [0, 0.1) is 5.82 Å². The average molecular weight is 208 g/mol. The summed E-state index contributed by atoms with van der Waals surface area (Å²) in [5.74, 6) is -0.167. The molecule has 2 nitrogen and oxygen atoms in total. The highest BCUT2D eigenvalue weighted by Gasteiger charge is 2.37. The quantitative estimate of drug-likeness (QED) is 0.766. The minimum absolute atomic E-state index is 0.0540. The third-order valence-electron chi connectivity index (χ3n) is 3.05. The van der Waals surface area contributed by atoms with E-state index in [1.807, 2.05) is 12.1 Å². The van der Waals surface area contributed by atoms with Crippen LogP contribution >= 0.6 is 0 Å². The summed E-state index contributed by atoms with van der Waals surface area (Å²) in [4.78, 5) is 2.06. The van der Waals surface area contributed by atoms with E-state index in [9.17, 15) is 4.39 Å². The predicted octanol–water partition coefficient (Wildman–Crippen LogP) is 2.14. The van der Waals surface area contributed by atoms with Gasteiger partial charge < -0.3 is 10.6 Å². The summed E-state index contributed by atoms with van der Waals surface area (Å²) in [6.45, 7) is 4.94. The molecule has 0 aromatic heterocycles. The molecule has 0 radical (unpaired) electrons. The Morgan fingerprint density at radius 3 is 2.60 bits per heavy atom. The molecule has 2 rings (SSSR count). The smallest absolute Gasteiger partial charge is 0.146 e. The minimum atomic E-state index is -0.167. The van der Waals surface area contributed by atoms with E-state index >= 15 is 0 Å². The van der Waals surface area contributed by atoms with E-state index in [0.29, 0.717) is 5.69 Å². The van der Waals surface area contributed by atoms with Gasteiger partial charge in [0.2, 0.25) is 0 Å². The van der Waals surface area contributed by atoms with Crippen LogP contribution in [0.2, 0.25) is 0 Å². The summed E-state index contributed by atoms with van der Waals surface area (Å²) in [5, 5.41) is 0. The van der Waals surface area contributed by atoms with Crippen LogP contribution in [-0.4, -0.2) is 18.1 Å². The molecule has 0 aliphatic carbocycles. The zero-order valence-electron chi connectivity index (χ0n) is 9.20. The van der Waals surface area contributed by atoms with Crippen LogP contribution in [0.25, 0.3) is 0 Å². The van der Waals surface area contributed by atoms with Crippen molar-refractivity contribution in [1.82, 2.24) is 0 Å². The van der Waals surface area contributed by atoms with Crippen LogP contribution < -0.4 is 10.6 Å². The maximum atomic E-state index is 13.6. The molecular formula is C12H17FN2. The first-order valence-electron chi connectivity index (χ1n) is 5.28. The molecule has 3 heteroatoms. The average Bonchev–Trinajstić information content (AvgIpc) is 2.40. The molecule has 1 saturated heterocycles. The van der Waals surface area contributed by atoms with Crippen molar-refractivity contribution in [3.05, 3.63) is 30.1 Å². The zero-order chi connectivity index (χ0) is 11.1. The molecule has 1 aliphatic rings. The van der Waals surface area contributed by atoms with Crippen molar-refractivity contribution in [3.8, 4) is 0 Å². The highest BCUT2D eigenvalue weighted by atomic mass is 19.1. The number of halogens is 1. The summed E-state index contributed by atoms with van der Waals surface area (Å²) < 4.78 is 13.6. The largest absolute Gasteiger partial charge is 0.362 e. The van der Waals surface area contributed by atoms with Gasteiger partial charge in [0.25, 0.3) is 0 Å². The lowest BCUT2D eigenvalue weighted by atomic mass is 10.00. The summed E-state index contributed by atoms with van der Waals surface area (Å²) >= 11 is 0. The lowest BCUT2D eigenvalue weighted by Crippen LogP contribution is -2.38. The standard InChI is InChI=1S/C12H17FN2/c1-12(2)7-9(14)8-15(12)11-6-4-3-5-10(11)13/h3-6,9H,7-8,14H2,1-2H3. The summed E-state index contributed by atoms with van der Waals surface area (Å²) in [5.41, 5.74) is 6.53. The third-order valence-corrected chi connectivity index (χ3v) is 3.05. The second kappa shape index (κ2) is 3.49. The fraction of sp³-hybridized carbons (Fsp3) is 0.500. The van der Waals surface area contributed by atoms with Crippen molar-refractivity contribution in [3.63, 3.8) is 0 Å². The second-order valence-corrected chi connectivity index (χ2v) is 4.84. The molecule has 1 aromatic rings. The number of hydrogen-bond acceptors (Lipinski definition) is 2. The van der Waals surface area contributed by atoms with Crippen LogP contribution in [0.3, 0.4) is 0 Å². The highest BCUT2D eigenvalue weighted by Crippen LogP contribution is 2.34. The van der Waals surface area contributed by atoms with Gasteiger partial charge in [-0.05, 0) is 32.4 Å². The van der Waals surface area contributed by atoms with Crippen molar-refractivity contribution in [2.45, 2.75) is 31.8 Å². The summed E-state index contributed by atoms with van der Waals surface area (Å²) in [6, 6.07) is 7.02. The Hall–Kier alpha value is -1.09. The fourth-order valence-electron chi connectivity index (χ4n) is 2.39. The number of hydrogen-bond donors (Lipinski definition) is 1. The topological polar surface area (TPSA) is 29.3 Å². The molecule has 1 aromatic carbocycles. The number of anilines is 1. The highest BCUT2D eigenvalue weighted by molar-refractivity contribution is 5.51. The number of nitrogens with zero attached hydrogens (tertiary/aromatic N) is 1. The molecule has 1 atom stereocenters. The Kier molecular flexibility index (Phi) is 2.43. The van der Waals surface area contributed by atoms with Crippen molar-refractivity contribution in [2.75, 3.05) is 11.4 Å². The Bertz CT molecular complexity index is 362. The maximum Gasteiger partial charge on any atom is 0.146 e. The van der Waals surface area contributed by atoms with Gasteiger partial charge >= 0.3 is 0 Å². The molecule has 0 spiro atoms. The Morgan fingerprint density at radius 2 is 2.07 bits per heavy atom.